The summed E-state index contributed by atoms with van der Waals surface area (Å²) in [6, 6.07) is 5.74. The van der Waals surface area contributed by atoms with Gasteiger partial charge in [-0.15, -0.1) is 15.3 Å². The minimum Gasteiger partial charge on any atom is -0.310 e. The van der Waals surface area contributed by atoms with Crippen LogP contribution in [0.4, 0.5) is 5.82 Å². The van der Waals surface area contributed by atoms with E-state index in [-0.39, 0.29) is 11.8 Å². The van der Waals surface area contributed by atoms with Crippen LogP contribution >= 0.6 is 11.3 Å². The molecule has 0 aliphatic carbocycles. The molecule has 8 nitrogen and oxygen atoms in total. The van der Waals surface area contributed by atoms with Gasteiger partial charge in [-0.1, -0.05) is 0 Å². The number of rotatable bonds is 2. The van der Waals surface area contributed by atoms with E-state index >= 15 is 0 Å². The van der Waals surface area contributed by atoms with Gasteiger partial charge < -0.3 is 5.32 Å². The molecule has 1 atom stereocenters. The highest BCUT2D eigenvalue weighted by atomic mass is 32.1. The van der Waals surface area contributed by atoms with Crippen LogP contribution in [0.1, 0.15) is 35.0 Å². The normalized spacial score (nSPS) is 16.7. The van der Waals surface area contributed by atoms with Crippen molar-refractivity contribution in [2.75, 3.05) is 5.32 Å². The van der Waals surface area contributed by atoms with Crippen molar-refractivity contribution in [2.45, 2.75) is 26.2 Å². The van der Waals surface area contributed by atoms with Gasteiger partial charge in [0.1, 0.15) is 5.82 Å². The summed E-state index contributed by atoms with van der Waals surface area (Å²) >= 11 is 1.63. The van der Waals surface area contributed by atoms with E-state index in [9.17, 15) is 4.79 Å². The molecule has 0 aromatic carbocycles. The molecule has 0 fully saturated rings. The number of aromatic nitrogens is 6. The van der Waals surface area contributed by atoms with Gasteiger partial charge in [0.2, 0.25) is 5.91 Å². The summed E-state index contributed by atoms with van der Waals surface area (Å²) in [6.45, 7) is 3.81. The Labute approximate surface area is 152 Å². The molecule has 4 aromatic heterocycles. The lowest BCUT2D eigenvalue weighted by Gasteiger charge is -2.23. The first-order chi connectivity index (χ1) is 12.6. The van der Waals surface area contributed by atoms with Gasteiger partial charge in [0.25, 0.3) is 0 Å². The van der Waals surface area contributed by atoms with Crippen LogP contribution in [0, 0.1) is 13.8 Å². The lowest BCUT2D eigenvalue weighted by molar-refractivity contribution is -0.116. The number of nitrogens with one attached hydrogen (secondary N) is 1. The summed E-state index contributed by atoms with van der Waals surface area (Å²) in [5, 5.41) is 24.4. The van der Waals surface area contributed by atoms with Crippen LogP contribution in [0.15, 0.2) is 29.0 Å². The predicted molar refractivity (Wildman–Crippen MR) is 96.8 cm³/mol. The monoisotopic (exact) mass is 365 g/mol. The van der Waals surface area contributed by atoms with Crippen molar-refractivity contribution in [2.24, 2.45) is 0 Å². The second-order valence-electron chi connectivity index (χ2n) is 6.33. The third kappa shape index (κ3) is 2.17. The molecule has 0 radical (unpaired) electrons. The smallest absolute Gasteiger partial charge is 0.226 e. The predicted octanol–water partition coefficient (Wildman–Crippen LogP) is 2.46. The van der Waals surface area contributed by atoms with Crippen LogP contribution < -0.4 is 5.32 Å². The minimum absolute atomic E-state index is 0.0131. The van der Waals surface area contributed by atoms with Crippen molar-refractivity contribution < 1.29 is 4.79 Å². The summed E-state index contributed by atoms with van der Waals surface area (Å²) in [6.07, 6.45) is 0.424. The Kier molecular flexibility index (Phi) is 3.20. The zero-order valence-electron chi connectivity index (χ0n) is 14.2. The number of fused-ring (bicyclic) bond motifs is 2. The molecule has 130 valence electrons. The van der Waals surface area contributed by atoms with Gasteiger partial charge in [-0.2, -0.15) is 25.6 Å². The van der Waals surface area contributed by atoms with Crippen molar-refractivity contribution in [3.8, 4) is 5.82 Å². The van der Waals surface area contributed by atoms with Gasteiger partial charge >= 0.3 is 0 Å². The lowest BCUT2D eigenvalue weighted by Crippen LogP contribution is -2.25. The summed E-state index contributed by atoms with van der Waals surface area (Å²) in [5.41, 5.74) is 3.75. The summed E-state index contributed by atoms with van der Waals surface area (Å²) in [7, 11) is 0. The molecule has 1 amide bonds. The molecule has 0 saturated heterocycles. The highest BCUT2D eigenvalue weighted by Gasteiger charge is 2.33. The van der Waals surface area contributed by atoms with Crippen molar-refractivity contribution in [1.29, 1.82) is 0 Å². The van der Waals surface area contributed by atoms with Crippen LogP contribution in [0.2, 0.25) is 0 Å². The molecule has 0 spiro atoms. The van der Waals surface area contributed by atoms with Crippen LogP contribution in [0.5, 0.6) is 0 Å². The van der Waals surface area contributed by atoms with E-state index < -0.39 is 0 Å². The van der Waals surface area contributed by atoms with E-state index in [1.165, 1.54) is 0 Å². The maximum atomic E-state index is 12.4. The quantitative estimate of drug-likeness (QED) is 0.589. The Morgan fingerprint density at radius 3 is 2.88 bits per heavy atom. The van der Waals surface area contributed by atoms with Gasteiger partial charge in [0, 0.05) is 17.9 Å². The summed E-state index contributed by atoms with van der Waals surface area (Å²) in [5.74, 6) is 1.99. The Morgan fingerprint density at radius 1 is 1.19 bits per heavy atom. The van der Waals surface area contributed by atoms with Gasteiger partial charge in [-0.05, 0) is 48.4 Å². The number of nitrogens with zero attached hydrogens (tertiary/aromatic N) is 6. The maximum absolute atomic E-state index is 12.4. The van der Waals surface area contributed by atoms with Gasteiger partial charge in [-0.3, -0.25) is 4.79 Å². The number of carbonyl (C=O) groups excluding carboxylic acids is 1. The Morgan fingerprint density at radius 2 is 2.08 bits per heavy atom. The highest BCUT2D eigenvalue weighted by molar-refractivity contribution is 7.08. The standard InChI is InChI=1S/C17H15N7OS/c1-9-16-12(11-5-6-26-8-11)7-15(25)18-17(16)24(21-9)14-4-3-13-20-19-10(2)23(13)22-14/h3-6,8,12H,7H2,1-2H3,(H,18,25). The van der Waals surface area contributed by atoms with Crippen molar-refractivity contribution in [3.05, 3.63) is 51.6 Å². The number of thiophene rings is 1. The van der Waals surface area contributed by atoms with E-state index in [4.69, 9.17) is 0 Å². The molecule has 0 bridgehead atoms. The van der Waals surface area contributed by atoms with E-state index in [0.717, 1.165) is 16.8 Å². The summed E-state index contributed by atoms with van der Waals surface area (Å²) in [4.78, 5) is 12.4. The molecule has 0 saturated carbocycles. The first-order valence-corrected chi connectivity index (χ1v) is 9.17. The largest absolute Gasteiger partial charge is 0.310 e. The van der Waals surface area contributed by atoms with E-state index in [1.54, 1.807) is 20.5 Å². The average molecular weight is 365 g/mol. The van der Waals surface area contributed by atoms with Gasteiger partial charge in [0.15, 0.2) is 17.3 Å². The van der Waals surface area contributed by atoms with Gasteiger partial charge in [0.05, 0.1) is 5.69 Å². The van der Waals surface area contributed by atoms with Crippen LogP contribution in [-0.4, -0.2) is 35.5 Å². The van der Waals surface area contributed by atoms with Crippen LogP contribution in [-0.2, 0) is 4.79 Å². The second-order valence-corrected chi connectivity index (χ2v) is 7.11. The second kappa shape index (κ2) is 5.46. The highest BCUT2D eigenvalue weighted by Crippen LogP contribution is 2.40. The Bertz CT molecular complexity index is 1140. The molecular formula is C17H15N7OS. The topological polar surface area (TPSA) is 90.0 Å². The molecular weight excluding hydrogens is 350 g/mol. The fraction of sp³-hybridized carbons (Fsp3) is 0.235. The van der Waals surface area contributed by atoms with Crippen LogP contribution in [0.25, 0.3) is 11.5 Å². The third-order valence-electron chi connectivity index (χ3n) is 4.67. The first-order valence-electron chi connectivity index (χ1n) is 8.22. The molecule has 4 aromatic rings. The van der Waals surface area contributed by atoms with Crippen molar-refractivity contribution in [3.63, 3.8) is 0 Å². The Balaban J connectivity index is 1.70. The zero-order chi connectivity index (χ0) is 17.8. The lowest BCUT2D eigenvalue weighted by atomic mass is 9.87. The van der Waals surface area contributed by atoms with Crippen LogP contribution in [0.3, 0.4) is 0 Å². The maximum Gasteiger partial charge on any atom is 0.226 e. The Hall–Kier alpha value is -3.07. The molecule has 1 aliphatic rings. The van der Waals surface area contributed by atoms with Crippen molar-refractivity contribution >= 4 is 28.7 Å². The number of hydrogen-bond donors (Lipinski definition) is 1. The fourth-order valence-corrected chi connectivity index (χ4v) is 4.18. The molecule has 1 N–H and O–H groups in total. The van der Waals surface area contributed by atoms with Crippen molar-refractivity contribution in [1.82, 2.24) is 29.6 Å². The molecule has 26 heavy (non-hydrogen) atoms. The van der Waals surface area contributed by atoms with Gasteiger partial charge in [-0.25, -0.2) is 0 Å². The minimum atomic E-state index is -0.0172. The fourth-order valence-electron chi connectivity index (χ4n) is 3.47. The molecule has 5 rings (SSSR count). The third-order valence-corrected chi connectivity index (χ3v) is 5.37. The summed E-state index contributed by atoms with van der Waals surface area (Å²) < 4.78 is 3.36. The zero-order valence-corrected chi connectivity index (χ0v) is 15.0. The number of amides is 1. The molecule has 1 unspecified atom stereocenters. The molecule has 9 heteroatoms. The number of hydrogen-bond acceptors (Lipinski definition) is 6. The molecule has 5 heterocycles. The molecule has 1 aliphatic heterocycles. The first kappa shape index (κ1) is 15.2. The number of anilines is 1. The SMILES string of the molecule is Cc1nn(-c2ccc3nnc(C)n3n2)c2c1C(c1ccsc1)CC(=O)N2. The number of carbonyl (C=O) groups is 1. The number of aryl methyl sites for hydroxylation is 2. The van der Waals surface area contributed by atoms with E-state index in [2.05, 4.69) is 37.2 Å². The van der Waals surface area contributed by atoms with E-state index in [1.807, 2.05) is 31.4 Å². The average Bonchev–Trinajstić information content (AvgIpc) is 3.35. The van der Waals surface area contributed by atoms with E-state index in [0.29, 0.717) is 29.5 Å².